The van der Waals surface area contributed by atoms with Crippen molar-refractivity contribution >= 4 is 48.6 Å². The molecule has 0 radical (unpaired) electrons. The molecule has 5 rings (SSSR count). The number of thiocarbonyl (C=S) groups is 1. The van der Waals surface area contributed by atoms with E-state index < -0.39 is 26.4 Å². The topological polar surface area (TPSA) is 67.9 Å². The van der Waals surface area contributed by atoms with Crippen LogP contribution in [0.4, 0.5) is 4.79 Å². The molecule has 1 fully saturated rings. The Morgan fingerprint density at radius 3 is 1.96 bits per heavy atom. The van der Waals surface area contributed by atoms with E-state index in [2.05, 4.69) is 83.3 Å². The van der Waals surface area contributed by atoms with Gasteiger partial charge in [-0.15, -0.1) is 0 Å². The number of ether oxygens (including phenoxy) is 1. The van der Waals surface area contributed by atoms with Crippen LogP contribution in [-0.4, -0.2) is 60.6 Å². The van der Waals surface area contributed by atoms with Crippen molar-refractivity contribution in [1.29, 1.82) is 0 Å². The summed E-state index contributed by atoms with van der Waals surface area (Å²) in [5, 5.41) is 3.01. The molecule has 1 aliphatic carbocycles. The average Bonchev–Trinajstić information content (AvgIpc) is 3.59. The fraction of sp³-hybridized carbons (Fsp3) is 0.462. The lowest BCUT2D eigenvalue weighted by atomic mass is 9.98. The Labute approximate surface area is 297 Å². The third kappa shape index (κ3) is 7.44. The summed E-state index contributed by atoms with van der Waals surface area (Å²) in [6, 6.07) is 26.8. The van der Waals surface area contributed by atoms with Crippen molar-refractivity contribution in [1.82, 2.24) is 10.2 Å². The Kier molecular flexibility index (Phi) is 11.9. The number of benzene rings is 3. The number of nitrogens with one attached hydrogen (secondary N) is 1. The highest BCUT2D eigenvalue weighted by molar-refractivity contribution is 8.23. The van der Waals surface area contributed by atoms with Crippen LogP contribution in [-0.2, 0) is 20.4 Å². The maximum atomic E-state index is 14.4. The van der Waals surface area contributed by atoms with Crippen molar-refractivity contribution in [2.45, 2.75) is 89.6 Å². The highest BCUT2D eigenvalue weighted by Gasteiger charge is 2.49. The highest BCUT2D eigenvalue weighted by Crippen LogP contribution is 2.45. The van der Waals surface area contributed by atoms with Crippen LogP contribution in [0.25, 0.3) is 11.1 Å². The van der Waals surface area contributed by atoms with Crippen LogP contribution in [0.2, 0.25) is 16.6 Å². The number of thioether (sulfide) groups is 1. The predicted molar refractivity (Wildman–Crippen MR) is 204 cm³/mol. The third-order valence-electron chi connectivity index (χ3n) is 10.3. The van der Waals surface area contributed by atoms with Crippen LogP contribution in [0.15, 0.2) is 78.9 Å². The fourth-order valence-electron chi connectivity index (χ4n) is 7.97. The summed E-state index contributed by atoms with van der Waals surface area (Å²) in [6.45, 7) is 15.7. The van der Waals surface area contributed by atoms with Gasteiger partial charge in [-0.25, -0.2) is 4.79 Å². The fourth-order valence-corrected chi connectivity index (χ4v) is 15.0. The Hall–Kier alpha value is -2.98. The maximum Gasteiger partial charge on any atom is 0.407 e. The molecule has 1 heterocycles. The highest BCUT2D eigenvalue weighted by atomic mass is 32.2. The van der Waals surface area contributed by atoms with Crippen molar-refractivity contribution < 1.29 is 18.8 Å². The van der Waals surface area contributed by atoms with Crippen LogP contribution in [0, 0.1) is 5.92 Å². The molecular weight excluding hydrogens is 653 g/mol. The van der Waals surface area contributed by atoms with Gasteiger partial charge in [-0.05, 0) is 50.9 Å². The van der Waals surface area contributed by atoms with Gasteiger partial charge in [0, 0.05) is 18.2 Å². The van der Waals surface area contributed by atoms with Gasteiger partial charge in [0.2, 0.25) is 14.2 Å². The second kappa shape index (κ2) is 15.7. The number of rotatable bonds is 13. The molecule has 0 spiro atoms. The Bertz CT molecular complexity index is 1530. The number of hydrogen-bond donors (Lipinski definition) is 1. The number of hydrogen-bond acceptors (Lipinski definition) is 6. The number of alkyl carbamates (subject to hydrolysis) is 1. The van der Waals surface area contributed by atoms with E-state index in [1.807, 2.05) is 54.3 Å². The number of carbonyl (C=O) groups excluding carboxylic acids is 2. The first-order chi connectivity index (χ1) is 23.0. The van der Waals surface area contributed by atoms with Crippen molar-refractivity contribution in [2.75, 3.05) is 18.9 Å². The van der Waals surface area contributed by atoms with Gasteiger partial charge in [-0.3, -0.25) is 9.69 Å². The lowest BCUT2D eigenvalue weighted by Crippen LogP contribution is -2.56. The molecular formula is C39H50N2O4S2Si. The molecule has 1 aliphatic heterocycles. The first-order valence-corrected chi connectivity index (χ1v) is 20.8. The van der Waals surface area contributed by atoms with Crippen LogP contribution in [0.1, 0.15) is 71.1 Å². The SMILES string of the molecule is CC(C)[Si](O[C@@H](CNC(=O)OCC1c2ccccc2-c2ccccc21)[C@@H](C)C(=O)N1C(=S)SC[C@@H]1Cc1ccccc1)(C(C)C)C(C)C. The Morgan fingerprint density at radius 2 is 1.40 bits per heavy atom. The van der Waals surface area contributed by atoms with Crippen LogP contribution >= 0.6 is 24.0 Å². The molecule has 3 aromatic rings. The minimum absolute atomic E-state index is 0.0297. The summed E-state index contributed by atoms with van der Waals surface area (Å²) in [5.41, 5.74) is 6.81. The summed E-state index contributed by atoms with van der Waals surface area (Å²) in [7, 11) is -2.43. The lowest BCUT2D eigenvalue weighted by Gasteiger charge is -2.46. The van der Waals surface area contributed by atoms with Crippen molar-refractivity contribution in [2.24, 2.45) is 5.92 Å². The zero-order valence-corrected chi connectivity index (χ0v) is 31.9. The minimum Gasteiger partial charge on any atom is -0.449 e. The smallest absolute Gasteiger partial charge is 0.407 e. The molecule has 0 bridgehead atoms. The van der Waals surface area contributed by atoms with E-state index in [1.165, 1.54) is 16.7 Å². The zero-order valence-electron chi connectivity index (χ0n) is 29.3. The number of carbonyl (C=O) groups is 2. The monoisotopic (exact) mass is 702 g/mol. The van der Waals surface area contributed by atoms with E-state index >= 15 is 0 Å². The molecule has 1 N–H and O–H groups in total. The van der Waals surface area contributed by atoms with E-state index in [9.17, 15) is 9.59 Å². The van der Waals surface area contributed by atoms with E-state index in [1.54, 1.807) is 11.8 Å². The molecule has 1 saturated heterocycles. The zero-order chi connectivity index (χ0) is 34.6. The summed E-state index contributed by atoms with van der Waals surface area (Å²) in [6.07, 6.45) is -0.314. The van der Waals surface area contributed by atoms with E-state index in [4.69, 9.17) is 21.4 Å². The molecule has 256 valence electrons. The van der Waals surface area contributed by atoms with E-state index in [-0.39, 0.29) is 31.0 Å². The van der Waals surface area contributed by atoms with Gasteiger partial charge in [0.1, 0.15) is 10.9 Å². The van der Waals surface area contributed by atoms with Gasteiger partial charge in [-0.1, -0.05) is 151 Å². The van der Waals surface area contributed by atoms with Crippen molar-refractivity contribution in [3.8, 4) is 11.1 Å². The first-order valence-electron chi connectivity index (χ1n) is 17.3. The van der Waals surface area contributed by atoms with E-state index in [0.717, 1.165) is 23.3 Å². The van der Waals surface area contributed by atoms with Gasteiger partial charge in [0.15, 0.2) is 0 Å². The largest absolute Gasteiger partial charge is 0.449 e. The number of fused-ring (bicyclic) bond motifs is 3. The normalized spacial score (nSPS) is 17.5. The lowest BCUT2D eigenvalue weighted by molar-refractivity contribution is -0.135. The summed E-state index contributed by atoms with van der Waals surface area (Å²) in [4.78, 5) is 29.6. The van der Waals surface area contributed by atoms with Crippen LogP contribution < -0.4 is 5.32 Å². The second-order valence-electron chi connectivity index (χ2n) is 14.1. The second-order valence-corrected chi connectivity index (χ2v) is 21.2. The van der Waals surface area contributed by atoms with E-state index in [0.29, 0.717) is 20.9 Å². The molecule has 48 heavy (non-hydrogen) atoms. The van der Waals surface area contributed by atoms with Gasteiger partial charge in [-0.2, -0.15) is 0 Å². The van der Waals surface area contributed by atoms with Crippen LogP contribution in [0.3, 0.4) is 0 Å². The maximum absolute atomic E-state index is 14.4. The molecule has 0 unspecified atom stereocenters. The first kappa shape index (κ1) is 36.3. The Morgan fingerprint density at radius 1 is 0.854 bits per heavy atom. The molecule has 2 amide bonds. The van der Waals surface area contributed by atoms with Gasteiger partial charge in [0.05, 0.1) is 18.1 Å². The molecule has 2 aliphatic rings. The summed E-state index contributed by atoms with van der Waals surface area (Å²) >= 11 is 7.31. The Balaban J connectivity index is 1.34. The molecule has 9 heteroatoms. The molecule has 0 aromatic heterocycles. The van der Waals surface area contributed by atoms with Crippen molar-refractivity contribution in [3.05, 3.63) is 95.6 Å². The van der Waals surface area contributed by atoms with Gasteiger partial charge >= 0.3 is 6.09 Å². The minimum atomic E-state index is -2.43. The summed E-state index contributed by atoms with van der Waals surface area (Å²) < 4.78 is 13.7. The molecule has 6 nitrogen and oxygen atoms in total. The average molecular weight is 703 g/mol. The van der Waals surface area contributed by atoms with Gasteiger partial charge in [0.25, 0.3) is 0 Å². The summed E-state index contributed by atoms with van der Waals surface area (Å²) in [5.74, 6) is 0.147. The third-order valence-corrected chi connectivity index (χ3v) is 18.0. The molecule has 3 aromatic carbocycles. The van der Waals surface area contributed by atoms with Gasteiger partial charge < -0.3 is 14.5 Å². The number of nitrogens with zero attached hydrogens (tertiary/aromatic N) is 1. The van der Waals surface area contributed by atoms with Crippen molar-refractivity contribution in [3.63, 3.8) is 0 Å². The predicted octanol–water partition coefficient (Wildman–Crippen LogP) is 9.19. The molecule has 3 atom stereocenters. The quantitative estimate of drug-likeness (QED) is 0.142. The number of amides is 2. The standard InChI is InChI=1S/C39H50N2O4S2Si/c1-25(2)48(26(3)4,27(5)6)45-36(28(7)37(42)41-30(24-47-39(41)46)21-29-15-9-8-10-16-29)22-40-38(43)44-23-35-33-19-13-11-17-31(33)32-18-12-14-20-34(32)35/h8-20,25-28,30,35-36H,21-24H2,1-7H3,(H,40,43)/t28-,30+,36+/m1/s1. The molecule has 0 saturated carbocycles. The van der Waals surface area contributed by atoms with Crippen LogP contribution in [0.5, 0.6) is 0 Å².